The number of hydrogen-bond acceptors (Lipinski definition) is 3. The standard InChI is InChI=1S/C11H23N3.H2/c1-10(2)4-13-5-11(6-13)7-14(8-11)9-12-3;/h10,12H,4-9H2,1-3H3;1H. The Morgan fingerprint density at radius 1 is 1.21 bits per heavy atom. The van der Waals surface area contributed by atoms with Crippen molar-refractivity contribution in [2.75, 3.05) is 46.4 Å². The van der Waals surface area contributed by atoms with Crippen molar-refractivity contribution in [3.63, 3.8) is 0 Å². The summed E-state index contributed by atoms with van der Waals surface area (Å²) < 4.78 is 0. The lowest BCUT2D eigenvalue weighted by Crippen LogP contribution is -2.72. The maximum absolute atomic E-state index is 3.21. The van der Waals surface area contributed by atoms with E-state index >= 15 is 0 Å². The predicted molar refractivity (Wildman–Crippen MR) is 61.3 cm³/mol. The van der Waals surface area contributed by atoms with Gasteiger partial charge in [0.05, 0.1) is 0 Å². The van der Waals surface area contributed by atoms with Crippen LogP contribution in [0.5, 0.6) is 0 Å². The van der Waals surface area contributed by atoms with Crippen LogP contribution >= 0.6 is 0 Å². The lowest BCUT2D eigenvalue weighted by atomic mass is 9.73. The van der Waals surface area contributed by atoms with E-state index in [0.29, 0.717) is 5.41 Å². The molecule has 84 valence electrons. The van der Waals surface area contributed by atoms with Crippen LogP contribution in [0.15, 0.2) is 0 Å². The molecule has 3 heteroatoms. The van der Waals surface area contributed by atoms with Gasteiger partial charge in [0.15, 0.2) is 0 Å². The quantitative estimate of drug-likeness (QED) is 0.718. The Morgan fingerprint density at radius 2 is 1.79 bits per heavy atom. The number of likely N-dealkylation sites (tertiary alicyclic amines) is 2. The summed E-state index contributed by atoms with van der Waals surface area (Å²) in [5.74, 6) is 0.820. The molecule has 0 unspecified atom stereocenters. The van der Waals surface area contributed by atoms with Crippen molar-refractivity contribution in [3.8, 4) is 0 Å². The maximum Gasteiger partial charge on any atom is 0.0478 e. The van der Waals surface area contributed by atoms with E-state index in [-0.39, 0.29) is 1.43 Å². The van der Waals surface area contributed by atoms with Crippen LogP contribution in [-0.4, -0.2) is 56.2 Å². The van der Waals surface area contributed by atoms with Crippen LogP contribution in [0.3, 0.4) is 0 Å². The Hall–Kier alpha value is -0.120. The minimum absolute atomic E-state index is 0. The highest BCUT2D eigenvalue weighted by atomic mass is 15.3. The maximum atomic E-state index is 3.21. The van der Waals surface area contributed by atoms with Crippen molar-refractivity contribution >= 4 is 0 Å². The Labute approximate surface area is 88.9 Å². The average Bonchev–Trinajstić information content (AvgIpc) is 1.95. The fourth-order valence-electron chi connectivity index (χ4n) is 2.99. The van der Waals surface area contributed by atoms with Crippen LogP contribution < -0.4 is 5.32 Å². The van der Waals surface area contributed by atoms with Crippen molar-refractivity contribution in [1.82, 2.24) is 15.1 Å². The first kappa shape index (κ1) is 10.4. The van der Waals surface area contributed by atoms with Gasteiger partial charge in [-0.25, -0.2) is 0 Å². The Balaban J connectivity index is 0.00000112. The molecular formula is C11H25N3. The van der Waals surface area contributed by atoms with Crippen molar-refractivity contribution in [2.45, 2.75) is 13.8 Å². The summed E-state index contributed by atoms with van der Waals surface area (Å²) in [5.41, 5.74) is 0.686. The summed E-state index contributed by atoms with van der Waals surface area (Å²) in [6.07, 6.45) is 0. The zero-order valence-electron chi connectivity index (χ0n) is 9.71. The van der Waals surface area contributed by atoms with Gasteiger partial charge >= 0.3 is 0 Å². The monoisotopic (exact) mass is 199 g/mol. The van der Waals surface area contributed by atoms with Gasteiger partial charge in [0.25, 0.3) is 0 Å². The van der Waals surface area contributed by atoms with E-state index in [9.17, 15) is 0 Å². The highest BCUT2D eigenvalue weighted by Crippen LogP contribution is 2.39. The van der Waals surface area contributed by atoms with E-state index in [2.05, 4.69) is 29.0 Å². The molecule has 1 spiro atoms. The largest absolute Gasteiger partial charge is 0.307 e. The van der Waals surface area contributed by atoms with Gasteiger partial charge in [-0.3, -0.25) is 4.90 Å². The summed E-state index contributed by atoms with van der Waals surface area (Å²) in [4.78, 5) is 5.09. The zero-order chi connectivity index (χ0) is 10.2. The minimum atomic E-state index is 0. The first-order valence-electron chi connectivity index (χ1n) is 5.73. The third kappa shape index (κ3) is 1.95. The van der Waals surface area contributed by atoms with E-state index in [1.54, 1.807) is 0 Å². The van der Waals surface area contributed by atoms with Crippen molar-refractivity contribution in [1.29, 1.82) is 0 Å². The molecule has 0 aromatic rings. The summed E-state index contributed by atoms with van der Waals surface area (Å²) in [6, 6.07) is 0. The molecule has 2 aliphatic heterocycles. The van der Waals surface area contributed by atoms with E-state index in [4.69, 9.17) is 0 Å². The molecule has 2 heterocycles. The molecule has 2 saturated heterocycles. The highest BCUT2D eigenvalue weighted by molar-refractivity contribution is 5.05. The number of nitrogens with one attached hydrogen (secondary N) is 1. The predicted octanol–water partition coefficient (Wildman–Crippen LogP) is 0.683. The van der Waals surface area contributed by atoms with Gasteiger partial charge in [-0.05, 0) is 13.0 Å². The molecule has 2 rings (SSSR count). The molecule has 2 fully saturated rings. The Kier molecular flexibility index (Phi) is 2.82. The summed E-state index contributed by atoms with van der Waals surface area (Å²) >= 11 is 0. The molecule has 0 aromatic heterocycles. The SMILES string of the molecule is CNCN1CC2(C1)CN(CC(C)C)C2.[HH]. The molecule has 14 heavy (non-hydrogen) atoms. The highest BCUT2D eigenvalue weighted by Gasteiger charge is 2.50. The van der Waals surface area contributed by atoms with Gasteiger partial charge in [0.2, 0.25) is 0 Å². The molecule has 0 aromatic carbocycles. The fraction of sp³-hybridized carbons (Fsp3) is 1.00. The minimum Gasteiger partial charge on any atom is -0.307 e. The number of hydrogen-bond donors (Lipinski definition) is 1. The number of nitrogens with zero attached hydrogens (tertiary/aromatic N) is 2. The molecule has 0 saturated carbocycles. The normalized spacial score (nSPS) is 26.6. The molecule has 0 bridgehead atoms. The molecule has 1 N–H and O–H groups in total. The van der Waals surface area contributed by atoms with Crippen molar-refractivity contribution in [2.24, 2.45) is 11.3 Å². The molecule has 3 nitrogen and oxygen atoms in total. The van der Waals surface area contributed by atoms with E-state index in [1.807, 2.05) is 7.05 Å². The Morgan fingerprint density at radius 3 is 2.29 bits per heavy atom. The average molecular weight is 199 g/mol. The zero-order valence-corrected chi connectivity index (χ0v) is 9.71. The van der Waals surface area contributed by atoms with E-state index in [1.165, 1.54) is 32.7 Å². The van der Waals surface area contributed by atoms with Crippen molar-refractivity contribution in [3.05, 3.63) is 0 Å². The summed E-state index contributed by atoms with van der Waals surface area (Å²) in [5, 5.41) is 3.21. The molecule has 0 radical (unpaired) electrons. The van der Waals surface area contributed by atoms with Crippen molar-refractivity contribution < 1.29 is 1.43 Å². The lowest BCUT2D eigenvalue weighted by molar-refractivity contribution is -0.119. The smallest absolute Gasteiger partial charge is 0.0478 e. The van der Waals surface area contributed by atoms with Gasteiger partial charge in [0.1, 0.15) is 0 Å². The summed E-state index contributed by atoms with van der Waals surface area (Å²) in [7, 11) is 2.02. The van der Waals surface area contributed by atoms with E-state index < -0.39 is 0 Å². The third-order valence-electron chi connectivity index (χ3n) is 3.24. The topological polar surface area (TPSA) is 18.5 Å². The fourth-order valence-corrected chi connectivity index (χ4v) is 2.99. The molecule has 0 aliphatic carbocycles. The van der Waals surface area contributed by atoms with Crippen LogP contribution in [0.1, 0.15) is 15.3 Å². The van der Waals surface area contributed by atoms with Crippen LogP contribution in [0.2, 0.25) is 0 Å². The van der Waals surface area contributed by atoms with Gasteiger partial charge in [-0.2, -0.15) is 0 Å². The first-order chi connectivity index (χ1) is 6.63. The molecule has 0 atom stereocenters. The van der Waals surface area contributed by atoms with Gasteiger partial charge < -0.3 is 10.2 Å². The van der Waals surface area contributed by atoms with Crippen LogP contribution in [0, 0.1) is 11.3 Å². The first-order valence-corrected chi connectivity index (χ1v) is 5.73. The second-order valence-electron chi connectivity index (χ2n) is 5.56. The number of rotatable bonds is 4. The lowest BCUT2D eigenvalue weighted by Gasteiger charge is -2.60. The van der Waals surface area contributed by atoms with Crippen LogP contribution in [-0.2, 0) is 0 Å². The molecule has 0 amide bonds. The molecule has 2 aliphatic rings. The van der Waals surface area contributed by atoms with Gasteiger partial charge in [-0.1, -0.05) is 13.8 Å². The third-order valence-corrected chi connectivity index (χ3v) is 3.24. The van der Waals surface area contributed by atoms with Crippen LogP contribution in [0.4, 0.5) is 0 Å². The summed E-state index contributed by atoms with van der Waals surface area (Å²) in [6.45, 7) is 12.2. The van der Waals surface area contributed by atoms with Gasteiger partial charge in [-0.15, -0.1) is 0 Å². The Bertz CT molecular complexity index is 194. The van der Waals surface area contributed by atoms with Gasteiger partial charge in [0, 0.05) is 46.2 Å². The second-order valence-corrected chi connectivity index (χ2v) is 5.56. The second kappa shape index (κ2) is 3.80. The van der Waals surface area contributed by atoms with E-state index in [0.717, 1.165) is 12.6 Å². The van der Waals surface area contributed by atoms with Crippen LogP contribution in [0.25, 0.3) is 0 Å². The molecular weight excluding hydrogens is 174 g/mol.